The van der Waals surface area contributed by atoms with Gasteiger partial charge in [0, 0.05) is 43.1 Å². The van der Waals surface area contributed by atoms with Crippen molar-refractivity contribution in [2.45, 2.75) is 32.5 Å². The molecule has 6 heteroatoms. The zero-order valence-electron chi connectivity index (χ0n) is 14.5. The van der Waals surface area contributed by atoms with Crippen LogP contribution >= 0.6 is 0 Å². The summed E-state index contributed by atoms with van der Waals surface area (Å²) in [5, 5.41) is 6.49. The number of nitrogens with one attached hydrogen (secondary N) is 2. The van der Waals surface area contributed by atoms with Gasteiger partial charge in [0.15, 0.2) is 0 Å². The highest BCUT2D eigenvalue weighted by Gasteiger charge is 2.19. The van der Waals surface area contributed by atoms with Crippen molar-refractivity contribution >= 4 is 5.69 Å². The molecule has 2 aromatic rings. The summed E-state index contributed by atoms with van der Waals surface area (Å²) in [6, 6.07) is 9.25. The van der Waals surface area contributed by atoms with Gasteiger partial charge in [-0.25, -0.2) is 4.39 Å². The summed E-state index contributed by atoms with van der Waals surface area (Å²) in [7, 11) is 0. The third-order valence-electron chi connectivity index (χ3n) is 4.33. The molecular formula is C19H25FN4O. The van der Waals surface area contributed by atoms with Gasteiger partial charge in [-0.05, 0) is 36.2 Å². The molecule has 1 atom stereocenters. The first kappa shape index (κ1) is 17.8. The number of ether oxygens (including phenoxy) is 1. The van der Waals surface area contributed by atoms with E-state index in [0.29, 0.717) is 31.8 Å². The molecule has 0 saturated carbocycles. The summed E-state index contributed by atoms with van der Waals surface area (Å²) in [6.45, 7) is 5.14. The lowest BCUT2D eigenvalue weighted by molar-refractivity contribution is 0.0255. The van der Waals surface area contributed by atoms with Gasteiger partial charge in [-0.15, -0.1) is 0 Å². The van der Waals surface area contributed by atoms with Crippen molar-refractivity contribution in [2.75, 3.05) is 25.0 Å². The maximum absolute atomic E-state index is 14.4. The van der Waals surface area contributed by atoms with Gasteiger partial charge in [0.25, 0.3) is 0 Å². The lowest BCUT2D eigenvalue weighted by atomic mass is 10.1. The van der Waals surface area contributed by atoms with E-state index in [1.54, 1.807) is 6.07 Å². The smallest absolute Gasteiger partial charge is 0.131 e. The van der Waals surface area contributed by atoms with Gasteiger partial charge < -0.3 is 21.1 Å². The molecule has 0 spiro atoms. The highest BCUT2D eigenvalue weighted by atomic mass is 19.1. The van der Waals surface area contributed by atoms with Gasteiger partial charge in [0.1, 0.15) is 5.82 Å². The van der Waals surface area contributed by atoms with Gasteiger partial charge in [0.2, 0.25) is 0 Å². The maximum Gasteiger partial charge on any atom is 0.131 e. The Morgan fingerprint density at radius 1 is 1.32 bits per heavy atom. The lowest BCUT2D eigenvalue weighted by Crippen LogP contribution is -2.33. The molecule has 0 radical (unpaired) electrons. The van der Waals surface area contributed by atoms with Crippen LogP contribution in [-0.4, -0.2) is 24.7 Å². The number of morpholine rings is 1. The molecule has 1 aliphatic heterocycles. The Hall–Kier alpha value is -2.02. The third kappa shape index (κ3) is 4.54. The van der Waals surface area contributed by atoms with Gasteiger partial charge in [-0.2, -0.15) is 0 Å². The number of nitrogens with two attached hydrogens (primary N) is 1. The molecule has 2 heterocycles. The molecule has 3 rings (SSSR count). The Labute approximate surface area is 147 Å². The number of nitrogens with zero attached hydrogens (tertiary/aromatic N) is 1. The van der Waals surface area contributed by atoms with Crippen LogP contribution in [0, 0.1) is 5.82 Å². The van der Waals surface area contributed by atoms with Crippen molar-refractivity contribution in [3.05, 3.63) is 58.7 Å². The first-order valence-electron chi connectivity index (χ1n) is 8.74. The van der Waals surface area contributed by atoms with Crippen LogP contribution in [0.2, 0.25) is 0 Å². The second kappa shape index (κ2) is 8.38. The van der Waals surface area contributed by atoms with Crippen molar-refractivity contribution in [3.63, 3.8) is 0 Å². The quantitative estimate of drug-likeness (QED) is 0.751. The highest BCUT2D eigenvalue weighted by Crippen LogP contribution is 2.24. The minimum Gasteiger partial charge on any atom is -0.381 e. The fourth-order valence-corrected chi connectivity index (χ4v) is 2.97. The molecule has 0 amide bonds. The van der Waals surface area contributed by atoms with Gasteiger partial charge in [-0.3, -0.25) is 4.98 Å². The molecule has 0 unspecified atom stereocenters. The number of hydrogen-bond acceptors (Lipinski definition) is 5. The van der Waals surface area contributed by atoms with Crippen molar-refractivity contribution in [1.82, 2.24) is 10.3 Å². The summed E-state index contributed by atoms with van der Waals surface area (Å²) in [6.07, 6.45) is 0.641. The van der Waals surface area contributed by atoms with E-state index in [1.165, 1.54) is 6.07 Å². The summed E-state index contributed by atoms with van der Waals surface area (Å²) in [4.78, 5) is 4.47. The van der Waals surface area contributed by atoms with Crippen molar-refractivity contribution in [2.24, 2.45) is 5.73 Å². The van der Waals surface area contributed by atoms with Gasteiger partial charge >= 0.3 is 0 Å². The Kier molecular flexibility index (Phi) is 5.96. The molecule has 1 fully saturated rings. The van der Waals surface area contributed by atoms with Gasteiger partial charge in [0.05, 0.1) is 18.4 Å². The van der Waals surface area contributed by atoms with E-state index < -0.39 is 0 Å². The second-order valence-electron chi connectivity index (χ2n) is 6.17. The molecule has 0 bridgehead atoms. The summed E-state index contributed by atoms with van der Waals surface area (Å²) in [5.41, 5.74) is 10.0. The van der Waals surface area contributed by atoms with E-state index in [2.05, 4.69) is 28.6 Å². The van der Waals surface area contributed by atoms with Crippen molar-refractivity contribution in [1.29, 1.82) is 0 Å². The Morgan fingerprint density at radius 3 is 2.84 bits per heavy atom. The highest BCUT2D eigenvalue weighted by molar-refractivity contribution is 5.46. The predicted octanol–water partition coefficient (Wildman–Crippen LogP) is 2.51. The molecule has 1 aromatic heterocycles. The molecule has 4 N–H and O–H groups in total. The molecule has 0 aliphatic carbocycles. The SMILES string of the molecule is CCc1cc(CNc2ccc([C@H]3CNCCO3)c(F)c2)cc(CN)n1. The van der Waals surface area contributed by atoms with E-state index in [9.17, 15) is 4.39 Å². The second-order valence-corrected chi connectivity index (χ2v) is 6.17. The summed E-state index contributed by atoms with van der Waals surface area (Å²) in [5.74, 6) is -0.245. The average molecular weight is 344 g/mol. The number of halogens is 1. The van der Waals surface area contributed by atoms with E-state index in [1.807, 2.05) is 12.1 Å². The zero-order valence-corrected chi connectivity index (χ0v) is 14.5. The number of aromatic nitrogens is 1. The van der Waals surface area contributed by atoms with Crippen LogP contribution in [0.3, 0.4) is 0 Å². The monoisotopic (exact) mass is 344 g/mol. The van der Waals surface area contributed by atoms with E-state index in [-0.39, 0.29) is 11.9 Å². The van der Waals surface area contributed by atoms with Crippen molar-refractivity contribution in [3.8, 4) is 0 Å². The third-order valence-corrected chi connectivity index (χ3v) is 4.33. The van der Waals surface area contributed by atoms with Crippen LogP contribution in [0.25, 0.3) is 0 Å². The molecule has 25 heavy (non-hydrogen) atoms. The Balaban J connectivity index is 1.68. The van der Waals surface area contributed by atoms with Crippen LogP contribution in [-0.2, 0) is 24.2 Å². The van der Waals surface area contributed by atoms with Crippen LogP contribution < -0.4 is 16.4 Å². The number of benzene rings is 1. The molecule has 1 aliphatic rings. The topological polar surface area (TPSA) is 72.2 Å². The lowest BCUT2D eigenvalue weighted by Gasteiger charge is -2.24. The summed E-state index contributed by atoms with van der Waals surface area (Å²) >= 11 is 0. The number of pyridine rings is 1. The first-order chi connectivity index (χ1) is 12.2. The van der Waals surface area contributed by atoms with E-state index >= 15 is 0 Å². The normalized spacial score (nSPS) is 17.5. The number of anilines is 1. The summed E-state index contributed by atoms with van der Waals surface area (Å²) < 4.78 is 20.0. The van der Waals surface area contributed by atoms with E-state index in [0.717, 1.165) is 35.6 Å². The Bertz CT molecular complexity index is 694. The molecule has 1 aromatic carbocycles. The zero-order chi connectivity index (χ0) is 17.6. The average Bonchev–Trinajstić information content (AvgIpc) is 2.66. The van der Waals surface area contributed by atoms with E-state index in [4.69, 9.17) is 10.5 Å². The van der Waals surface area contributed by atoms with Crippen LogP contribution in [0.4, 0.5) is 10.1 Å². The fraction of sp³-hybridized carbons (Fsp3) is 0.421. The molecule has 1 saturated heterocycles. The minimum absolute atomic E-state index is 0.220. The standard InChI is InChI=1S/C19H25FN4O/c1-2-14-7-13(8-16(10-21)24-14)11-23-15-3-4-17(18(20)9-15)19-12-22-5-6-25-19/h3-4,7-9,19,22-23H,2,5-6,10-12,21H2,1H3/t19-/m1/s1. The maximum atomic E-state index is 14.4. The molecular weight excluding hydrogens is 319 g/mol. The van der Waals surface area contributed by atoms with Crippen molar-refractivity contribution < 1.29 is 9.13 Å². The van der Waals surface area contributed by atoms with Crippen LogP contribution in [0.1, 0.15) is 35.5 Å². The first-order valence-corrected chi connectivity index (χ1v) is 8.74. The molecule has 5 nitrogen and oxygen atoms in total. The predicted molar refractivity (Wildman–Crippen MR) is 96.8 cm³/mol. The fourth-order valence-electron chi connectivity index (χ4n) is 2.97. The van der Waals surface area contributed by atoms with Crippen LogP contribution in [0.15, 0.2) is 30.3 Å². The number of hydrogen-bond donors (Lipinski definition) is 3. The molecule has 134 valence electrons. The Morgan fingerprint density at radius 2 is 2.16 bits per heavy atom. The largest absolute Gasteiger partial charge is 0.381 e. The van der Waals surface area contributed by atoms with Gasteiger partial charge in [-0.1, -0.05) is 13.0 Å². The number of aryl methyl sites for hydroxylation is 1. The minimum atomic E-state index is -0.245. The number of rotatable bonds is 6. The van der Waals surface area contributed by atoms with Crippen LogP contribution in [0.5, 0.6) is 0 Å².